The third-order valence-electron chi connectivity index (χ3n) is 3.56. The molecule has 3 nitrogen and oxygen atoms in total. The molecule has 1 aromatic rings. The summed E-state index contributed by atoms with van der Waals surface area (Å²) in [6.07, 6.45) is 5.55. The van der Waals surface area contributed by atoms with Crippen LogP contribution < -0.4 is 11.1 Å². The van der Waals surface area contributed by atoms with Crippen molar-refractivity contribution in [2.75, 3.05) is 5.32 Å². The number of hydrogen-bond acceptors (Lipinski definition) is 2. The van der Waals surface area contributed by atoms with Crippen LogP contribution in [-0.2, 0) is 4.79 Å². The van der Waals surface area contributed by atoms with Crippen LogP contribution in [0.4, 0.5) is 5.69 Å². The first-order chi connectivity index (χ1) is 8.98. The molecule has 104 valence electrons. The van der Waals surface area contributed by atoms with Gasteiger partial charge in [-0.1, -0.05) is 42.5 Å². The molecular formula is C14H18Cl2N2O. The third-order valence-corrected chi connectivity index (χ3v) is 4.13. The third kappa shape index (κ3) is 4.10. The molecule has 1 aliphatic carbocycles. The fourth-order valence-corrected chi connectivity index (χ4v) is 2.88. The minimum atomic E-state index is -0.368. The minimum Gasteiger partial charge on any atom is -0.325 e. The van der Waals surface area contributed by atoms with Gasteiger partial charge in [0.25, 0.3) is 0 Å². The summed E-state index contributed by atoms with van der Waals surface area (Å²) < 4.78 is 0. The predicted molar refractivity (Wildman–Crippen MR) is 79.7 cm³/mol. The maximum atomic E-state index is 12.1. The summed E-state index contributed by atoms with van der Waals surface area (Å²) in [6, 6.07) is 5.00. The highest BCUT2D eigenvalue weighted by Crippen LogP contribution is 2.30. The lowest BCUT2D eigenvalue weighted by molar-refractivity contribution is -0.117. The van der Waals surface area contributed by atoms with Crippen molar-refractivity contribution >= 4 is 34.8 Å². The van der Waals surface area contributed by atoms with Crippen molar-refractivity contribution in [3.8, 4) is 0 Å². The molecule has 1 saturated carbocycles. The second kappa shape index (κ2) is 6.12. The largest absolute Gasteiger partial charge is 0.325 e. The maximum Gasteiger partial charge on any atom is 0.226 e. The number of anilines is 1. The van der Waals surface area contributed by atoms with Crippen molar-refractivity contribution < 1.29 is 4.79 Å². The van der Waals surface area contributed by atoms with Crippen LogP contribution >= 0.6 is 23.2 Å². The van der Waals surface area contributed by atoms with Gasteiger partial charge in [0, 0.05) is 17.0 Å². The minimum absolute atomic E-state index is 0.103. The van der Waals surface area contributed by atoms with E-state index in [2.05, 4.69) is 5.32 Å². The first-order valence-corrected chi connectivity index (χ1v) is 7.28. The molecule has 5 heteroatoms. The van der Waals surface area contributed by atoms with Crippen LogP contribution in [0.3, 0.4) is 0 Å². The molecule has 0 spiro atoms. The van der Waals surface area contributed by atoms with E-state index in [0.29, 0.717) is 22.2 Å². The number of halogens is 2. The summed E-state index contributed by atoms with van der Waals surface area (Å²) in [5.41, 5.74) is 6.43. The van der Waals surface area contributed by atoms with Crippen LogP contribution in [0.5, 0.6) is 0 Å². The Hall–Kier alpha value is -0.770. The van der Waals surface area contributed by atoms with Gasteiger partial charge in [-0.2, -0.15) is 0 Å². The molecule has 3 N–H and O–H groups in total. The molecule has 0 bridgehead atoms. The fourth-order valence-electron chi connectivity index (χ4n) is 2.54. The SMILES string of the molecule is NC1(CC(=O)Nc2cc(Cl)ccc2Cl)CCCCC1. The van der Waals surface area contributed by atoms with Crippen molar-refractivity contribution in [1.82, 2.24) is 0 Å². The Morgan fingerprint density at radius 3 is 2.63 bits per heavy atom. The van der Waals surface area contributed by atoms with Gasteiger partial charge in [-0.25, -0.2) is 0 Å². The molecule has 0 atom stereocenters. The van der Waals surface area contributed by atoms with E-state index in [1.54, 1.807) is 18.2 Å². The van der Waals surface area contributed by atoms with E-state index in [1.807, 2.05) is 0 Å². The topological polar surface area (TPSA) is 55.1 Å². The van der Waals surface area contributed by atoms with E-state index in [0.717, 1.165) is 25.7 Å². The van der Waals surface area contributed by atoms with Crippen LogP contribution in [0.25, 0.3) is 0 Å². The van der Waals surface area contributed by atoms with Crippen molar-refractivity contribution in [2.45, 2.75) is 44.1 Å². The molecule has 1 aliphatic rings. The molecule has 1 aromatic carbocycles. The molecule has 1 fully saturated rings. The molecule has 0 aliphatic heterocycles. The molecule has 0 radical (unpaired) electrons. The second-order valence-corrected chi connectivity index (χ2v) is 6.12. The lowest BCUT2D eigenvalue weighted by Crippen LogP contribution is -2.44. The molecule has 0 heterocycles. The van der Waals surface area contributed by atoms with Gasteiger partial charge in [-0.3, -0.25) is 4.79 Å². The first-order valence-electron chi connectivity index (χ1n) is 6.52. The van der Waals surface area contributed by atoms with Gasteiger partial charge < -0.3 is 11.1 Å². The van der Waals surface area contributed by atoms with E-state index in [-0.39, 0.29) is 11.4 Å². The van der Waals surface area contributed by atoms with Gasteiger partial charge in [0.15, 0.2) is 0 Å². The van der Waals surface area contributed by atoms with Crippen LogP contribution in [-0.4, -0.2) is 11.4 Å². The highest BCUT2D eigenvalue weighted by molar-refractivity contribution is 6.35. The van der Waals surface area contributed by atoms with Crippen LogP contribution in [0.1, 0.15) is 38.5 Å². The Labute approximate surface area is 123 Å². The van der Waals surface area contributed by atoms with E-state index in [1.165, 1.54) is 6.42 Å². The zero-order valence-electron chi connectivity index (χ0n) is 10.7. The Morgan fingerprint density at radius 2 is 1.95 bits per heavy atom. The van der Waals surface area contributed by atoms with Gasteiger partial charge in [0.1, 0.15) is 0 Å². The molecule has 0 saturated heterocycles. The molecule has 0 aromatic heterocycles. The summed E-state index contributed by atoms with van der Waals surface area (Å²) >= 11 is 11.9. The number of nitrogens with one attached hydrogen (secondary N) is 1. The van der Waals surface area contributed by atoms with Crippen molar-refractivity contribution in [3.05, 3.63) is 28.2 Å². The number of nitrogens with two attached hydrogens (primary N) is 1. The van der Waals surface area contributed by atoms with E-state index in [4.69, 9.17) is 28.9 Å². The zero-order valence-corrected chi connectivity index (χ0v) is 12.2. The van der Waals surface area contributed by atoms with Crippen molar-refractivity contribution in [2.24, 2.45) is 5.73 Å². The number of amides is 1. The highest BCUT2D eigenvalue weighted by Gasteiger charge is 2.30. The van der Waals surface area contributed by atoms with Gasteiger partial charge >= 0.3 is 0 Å². The Bertz CT molecular complexity index is 471. The average molecular weight is 301 g/mol. The normalized spacial score (nSPS) is 18.1. The maximum absolute atomic E-state index is 12.1. The van der Waals surface area contributed by atoms with Gasteiger partial charge in [0.2, 0.25) is 5.91 Å². The van der Waals surface area contributed by atoms with Gasteiger partial charge in [-0.05, 0) is 31.0 Å². The van der Waals surface area contributed by atoms with Crippen molar-refractivity contribution in [1.29, 1.82) is 0 Å². The van der Waals surface area contributed by atoms with Crippen LogP contribution in [0.2, 0.25) is 10.0 Å². The fraction of sp³-hybridized carbons (Fsp3) is 0.500. The van der Waals surface area contributed by atoms with E-state index < -0.39 is 0 Å². The lowest BCUT2D eigenvalue weighted by Gasteiger charge is -2.32. The average Bonchev–Trinajstić information content (AvgIpc) is 2.34. The predicted octanol–water partition coefficient (Wildman–Crippen LogP) is 3.98. The highest BCUT2D eigenvalue weighted by atomic mass is 35.5. The molecule has 1 amide bonds. The number of benzene rings is 1. The summed E-state index contributed by atoms with van der Waals surface area (Å²) in [7, 11) is 0. The molecular weight excluding hydrogens is 283 g/mol. The van der Waals surface area contributed by atoms with E-state index >= 15 is 0 Å². The Kier molecular flexibility index (Phi) is 4.71. The van der Waals surface area contributed by atoms with Crippen LogP contribution in [0, 0.1) is 0 Å². The van der Waals surface area contributed by atoms with Crippen molar-refractivity contribution in [3.63, 3.8) is 0 Å². The summed E-state index contributed by atoms with van der Waals surface area (Å²) in [4.78, 5) is 12.1. The van der Waals surface area contributed by atoms with E-state index in [9.17, 15) is 4.79 Å². The van der Waals surface area contributed by atoms with Gasteiger partial charge in [-0.15, -0.1) is 0 Å². The number of carbonyl (C=O) groups is 1. The quantitative estimate of drug-likeness (QED) is 0.887. The number of carbonyl (C=O) groups excluding carboxylic acids is 1. The summed E-state index contributed by atoms with van der Waals surface area (Å²) in [5, 5.41) is 3.81. The first kappa shape index (κ1) is 14.6. The molecule has 2 rings (SSSR count). The summed E-state index contributed by atoms with van der Waals surface area (Å²) in [5.74, 6) is -0.103. The Morgan fingerprint density at radius 1 is 1.26 bits per heavy atom. The Balaban J connectivity index is 1.99. The standard InChI is InChI=1S/C14H18Cl2N2O/c15-10-4-5-11(16)12(8-10)18-13(19)9-14(17)6-2-1-3-7-14/h4-5,8H,1-3,6-7,9,17H2,(H,18,19). The second-order valence-electron chi connectivity index (χ2n) is 5.27. The molecule has 0 unspecified atom stereocenters. The monoisotopic (exact) mass is 300 g/mol. The zero-order chi connectivity index (χ0) is 13.9. The number of rotatable bonds is 3. The lowest BCUT2D eigenvalue weighted by atomic mass is 9.80. The summed E-state index contributed by atoms with van der Waals surface area (Å²) in [6.45, 7) is 0. The van der Waals surface area contributed by atoms with Crippen LogP contribution in [0.15, 0.2) is 18.2 Å². The molecule has 19 heavy (non-hydrogen) atoms. The smallest absolute Gasteiger partial charge is 0.226 e. The number of hydrogen-bond donors (Lipinski definition) is 2. The van der Waals surface area contributed by atoms with Gasteiger partial charge in [0.05, 0.1) is 10.7 Å².